The van der Waals surface area contributed by atoms with Crippen molar-refractivity contribution in [3.8, 4) is 0 Å². The lowest BCUT2D eigenvalue weighted by molar-refractivity contribution is -0.123. The van der Waals surface area contributed by atoms with E-state index in [2.05, 4.69) is 22.5 Å². The summed E-state index contributed by atoms with van der Waals surface area (Å²) in [7, 11) is 0. The van der Waals surface area contributed by atoms with Gasteiger partial charge in [0.15, 0.2) is 0 Å². The van der Waals surface area contributed by atoms with Crippen LogP contribution in [0.4, 0.5) is 0 Å². The Morgan fingerprint density at radius 1 is 1.76 bits per heavy atom. The number of nitrogens with one attached hydrogen (secondary N) is 2. The maximum atomic E-state index is 11.9. The van der Waals surface area contributed by atoms with Gasteiger partial charge in [-0.25, -0.2) is 4.98 Å². The number of aromatic nitrogens is 1. The Kier molecular flexibility index (Phi) is 4.12. The molecule has 17 heavy (non-hydrogen) atoms. The van der Waals surface area contributed by atoms with Gasteiger partial charge in [0.25, 0.3) is 0 Å². The molecular formula is C12H19N3OS. The van der Waals surface area contributed by atoms with Crippen LogP contribution in [0.25, 0.3) is 0 Å². The summed E-state index contributed by atoms with van der Waals surface area (Å²) in [5.41, 5.74) is 0. The third-order valence-electron chi connectivity index (χ3n) is 3.03. The van der Waals surface area contributed by atoms with Gasteiger partial charge in [0.2, 0.25) is 5.91 Å². The van der Waals surface area contributed by atoms with Crippen molar-refractivity contribution in [2.45, 2.75) is 45.2 Å². The summed E-state index contributed by atoms with van der Waals surface area (Å²) in [4.78, 5) is 17.5. The van der Waals surface area contributed by atoms with Crippen molar-refractivity contribution >= 4 is 17.2 Å². The minimum absolute atomic E-state index is 0.00944. The quantitative estimate of drug-likeness (QED) is 0.857. The largest absolute Gasteiger partial charge is 0.346 e. The Morgan fingerprint density at radius 2 is 2.59 bits per heavy atom. The molecule has 0 spiro atoms. The van der Waals surface area contributed by atoms with Gasteiger partial charge in [-0.05, 0) is 32.7 Å². The highest BCUT2D eigenvalue weighted by atomic mass is 32.1. The molecule has 0 radical (unpaired) electrons. The van der Waals surface area contributed by atoms with Crippen molar-refractivity contribution in [3.63, 3.8) is 0 Å². The highest BCUT2D eigenvalue weighted by molar-refractivity contribution is 7.11. The lowest BCUT2D eigenvalue weighted by Gasteiger charge is -2.15. The van der Waals surface area contributed by atoms with E-state index in [4.69, 9.17) is 0 Å². The fourth-order valence-corrected chi connectivity index (χ4v) is 2.83. The van der Waals surface area contributed by atoms with Crippen LogP contribution in [0.5, 0.6) is 0 Å². The van der Waals surface area contributed by atoms with E-state index >= 15 is 0 Å². The molecule has 1 unspecified atom stereocenters. The normalized spacial score (nSPS) is 21.4. The lowest BCUT2D eigenvalue weighted by Crippen LogP contribution is -2.41. The molecule has 5 heteroatoms. The summed E-state index contributed by atoms with van der Waals surface area (Å²) in [6, 6.07) is -0.00161. The molecule has 0 bridgehead atoms. The van der Waals surface area contributed by atoms with Crippen LogP contribution < -0.4 is 10.6 Å². The SMILES string of the molecule is CCc1cnc(C(C)NC(=O)[C@@H]2CCCN2)s1. The van der Waals surface area contributed by atoms with Crippen molar-refractivity contribution in [2.75, 3.05) is 6.54 Å². The van der Waals surface area contributed by atoms with E-state index in [0.717, 1.165) is 30.8 Å². The molecule has 1 aliphatic rings. The number of carbonyl (C=O) groups is 1. The predicted octanol–water partition coefficient (Wildman–Crippen LogP) is 1.63. The van der Waals surface area contributed by atoms with Crippen LogP contribution in [0.2, 0.25) is 0 Å². The third kappa shape index (κ3) is 3.04. The van der Waals surface area contributed by atoms with Crippen molar-refractivity contribution in [1.82, 2.24) is 15.6 Å². The number of hydrogen-bond acceptors (Lipinski definition) is 4. The lowest BCUT2D eigenvalue weighted by atomic mass is 10.2. The average Bonchev–Trinajstić information content (AvgIpc) is 3.00. The van der Waals surface area contributed by atoms with Gasteiger partial charge in [-0.3, -0.25) is 4.79 Å². The summed E-state index contributed by atoms with van der Waals surface area (Å²) in [6.07, 6.45) is 4.93. The highest BCUT2D eigenvalue weighted by Crippen LogP contribution is 2.20. The molecule has 1 aromatic heterocycles. The average molecular weight is 253 g/mol. The van der Waals surface area contributed by atoms with Crippen LogP contribution in [0, 0.1) is 0 Å². The van der Waals surface area contributed by atoms with Gasteiger partial charge in [0.05, 0.1) is 12.1 Å². The Balaban J connectivity index is 1.91. The summed E-state index contributed by atoms with van der Waals surface area (Å²) >= 11 is 1.68. The molecular weight excluding hydrogens is 234 g/mol. The maximum absolute atomic E-state index is 11.9. The number of amides is 1. The van der Waals surface area contributed by atoms with E-state index in [-0.39, 0.29) is 18.0 Å². The molecule has 1 saturated heterocycles. The smallest absolute Gasteiger partial charge is 0.237 e. The summed E-state index contributed by atoms with van der Waals surface area (Å²) < 4.78 is 0. The number of carbonyl (C=O) groups excluding carboxylic acids is 1. The summed E-state index contributed by atoms with van der Waals surface area (Å²) in [5, 5.41) is 7.22. The molecule has 1 aromatic rings. The van der Waals surface area contributed by atoms with Gasteiger partial charge in [-0.2, -0.15) is 0 Å². The number of nitrogens with zero attached hydrogens (tertiary/aromatic N) is 1. The summed E-state index contributed by atoms with van der Waals surface area (Å²) in [5.74, 6) is 0.100. The first-order valence-electron chi connectivity index (χ1n) is 6.19. The van der Waals surface area contributed by atoms with Gasteiger partial charge >= 0.3 is 0 Å². The molecule has 94 valence electrons. The minimum atomic E-state index is -0.0111. The van der Waals surface area contributed by atoms with Gasteiger partial charge in [-0.1, -0.05) is 6.92 Å². The Bertz CT molecular complexity index is 385. The second-order valence-corrected chi connectivity index (χ2v) is 5.54. The zero-order chi connectivity index (χ0) is 12.3. The predicted molar refractivity (Wildman–Crippen MR) is 69.1 cm³/mol. The van der Waals surface area contributed by atoms with E-state index in [1.807, 2.05) is 13.1 Å². The molecule has 4 nitrogen and oxygen atoms in total. The van der Waals surface area contributed by atoms with Crippen LogP contribution in [0.3, 0.4) is 0 Å². The van der Waals surface area contributed by atoms with Crippen LogP contribution in [-0.2, 0) is 11.2 Å². The molecule has 0 aromatic carbocycles. The molecule has 2 rings (SSSR count). The second kappa shape index (κ2) is 5.60. The van der Waals surface area contributed by atoms with Crippen molar-refractivity contribution in [1.29, 1.82) is 0 Å². The molecule has 1 aliphatic heterocycles. The summed E-state index contributed by atoms with van der Waals surface area (Å²) in [6.45, 7) is 5.05. The van der Waals surface area contributed by atoms with E-state index in [0.29, 0.717) is 0 Å². The molecule has 2 N–H and O–H groups in total. The Morgan fingerprint density at radius 3 is 3.18 bits per heavy atom. The van der Waals surface area contributed by atoms with E-state index in [1.165, 1.54) is 4.88 Å². The first kappa shape index (κ1) is 12.5. The van der Waals surface area contributed by atoms with Gasteiger partial charge in [-0.15, -0.1) is 11.3 Å². The van der Waals surface area contributed by atoms with Gasteiger partial charge in [0, 0.05) is 11.1 Å². The van der Waals surface area contributed by atoms with Crippen molar-refractivity contribution < 1.29 is 4.79 Å². The molecule has 0 aliphatic carbocycles. The maximum Gasteiger partial charge on any atom is 0.237 e. The molecule has 2 atom stereocenters. The van der Waals surface area contributed by atoms with Crippen LogP contribution >= 0.6 is 11.3 Å². The number of hydrogen-bond donors (Lipinski definition) is 2. The monoisotopic (exact) mass is 253 g/mol. The highest BCUT2D eigenvalue weighted by Gasteiger charge is 2.24. The van der Waals surface area contributed by atoms with Crippen LogP contribution in [0.1, 0.15) is 42.6 Å². The molecule has 1 amide bonds. The van der Waals surface area contributed by atoms with Crippen molar-refractivity contribution in [2.24, 2.45) is 0 Å². The van der Waals surface area contributed by atoms with Crippen molar-refractivity contribution in [3.05, 3.63) is 16.1 Å². The fraction of sp³-hybridized carbons (Fsp3) is 0.667. The molecule has 2 heterocycles. The number of aryl methyl sites for hydroxylation is 1. The first-order chi connectivity index (χ1) is 8.20. The second-order valence-electron chi connectivity index (χ2n) is 4.40. The molecule has 0 saturated carbocycles. The zero-order valence-corrected chi connectivity index (χ0v) is 11.1. The number of thiazole rings is 1. The molecule has 1 fully saturated rings. The Hall–Kier alpha value is -0.940. The van der Waals surface area contributed by atoms with Gasteiger partial charge < -0.3 is 10.6 Å². The zero-order valence-electron chi connectivity index (χ0n) is 10.3. The standard InChI is InChI=1S/C12H19N3OS/c1-3-9-7-14-12(17-9)8(2)15-11(16)10-5-4-6-13-10/h7-8,10,13H,3-6H2,1-2H3,(H,15,16)/t8?,10-/m0/s1. The van der Waals surface area contributed by atoms with Crippen LogP contribution in [-0.4, -0.2) is 23.5 Å². The topological polar surface area (TPSA) is 54.0 Å². The van der Waals surface area contributed by atoms with E-state index in [9.17, 15) is 4.79 Å². The first-order valence-corrected chi connectivity index (χ1v) is 7.00. The van der Waals surface area contributed by atoms with Gasteiger partial charge in [0.1, 0.15) is 5.01 Å². The number of rotatable bonds is 4. The van der Waals surface area contributed by atoms with Crippen LogP contribution in [0.15, 0.2) is 6.20 Å². The third-order valence-corrected chi connectivity index (χ3v) is 4.35. The Labute approximate surface area is 106 Å². The fourth-order valence-electron chi connectivity index (χ4n) is 1.97. The van der Waals surface area contributed by atoms with E-state index < -0.39 is 0 Å². The minimum Gasteiger partial charge on any atom is -0.346 e. The van der Waals surface area contributed by atoms with E-state index in [1.54, 1.807) is 11.3 Å².